The number of aryl methyl sites for hydroxylation is 1. The molecule has 0 amide bonds. The second-order valence-electron chi connectivity index (χ2n) is 5.74. The molecule has 0 radical (unpaired) electrons. The highest BCUT2D eigenvalue weighted by Gasteiger charge is 2.10. The lowest BCUT2D eigenvalue weighted by Gasteiger charge is -2.12. The molecular formula is C19H18F2N4. The zero-order chi connectivity index (χ0) is 17.8. The van der Waals surface area contributed by atoms with E-state index in [-0.39, 0.29) is 5.56 Å². The highest BCUT2D eigenvalue weighted by molar-refractivity contribution is 5.58. The molecule has 4 nitrogen and oxygen atoms in total. The number of nitrogens with one attached hydrogen (secondary N) is 1. The molecule has 0 saturated heterocycles. The summed E-state index contributed by atoms with van der Waals surface area (Å²) in [5.74, 6) is 1.33. The maximum atomic E-state index is 12.6. The standard InChI is InChI=1S/C19H18F2N4/c1-12-13(2)24-19(16-4-3-9-22-11-16)25-18(12)23-10-14-5-7-15(8-6-14)17(20)21/h3-9,11,17H,10H2,1-2H3,(H,23,24,25). The molecule has 1 N–H and O–H groups in total. The average molecular weight is 340 g/mol. The first-order valence-electron chi connectivity index (χ1n) is 7.91. The van der Waals surface area contributed by atoms with Crippen LogP contribution in [0.2, 0.25) is 0 Å². The molecule has 0 saturated carbocycles. The van der Waals surface area contributed by atoms with Crippen molar-refractivity contribution in [1.82, 2.24) is 15.0 Å². The molecule has 3 rings (SSSR count). The van der Waals surface area contributed by atoms with Crippen LogP contribution in [-0.2, 0) is 6.54 Å². The minimum Gasteiger partial charge on any atom is -0.366 e. The summed E-state index contributed by atoms with van der Waals surface area (Å²) >= 11 is 0. The van der Waals surface area contributed by atoms with Crippen molar-refractivity contribution < 1.29 is 8.78 Å². The Morgan fingerprint density at radius 1 is 1.04 bits per heavy atom. The summed E-state index contributed by atoms with van der Waals surface area (Å²) in [7, 11) is 0. The van der Waals surface area contributed by atoms with Gasteiger partial charge in [-0.25, -0.2) is 18.7 Å². The summed E-state index contributed by atoms with van der Waals surface area (Å²) in [6.45, 7) is 4.37. The maximum Gasteiger partial charge on any atom is 0.263 e. The Balaban J connectivity index is 1.81. The molecule has 25 heavy (non-hydrogen) atoms. The number of aromatic nitrogens is 3. The van der Waals surface area contributed by atoms with Gasteiger partial charge in [0, 0.05) is 41.3 Å². The first kappa shape index (κ1) is 17.0. The largest absolute Gasteiger partial charge is 0.366 e. The zero-order valence-corrected chi connectivity index (χ0v) is 14.0. The quantitative estimate of drug-likeness (QED) is 0.731. The monoisotopic (exact) mass is 340 g/mol. The van der Waals surface area contributed by atoms with Crippen LogP contribution in [-0.4, -0.2) is 15.0 Å². The smallest absolute Gasteiger partial charge is 0.263 e. The number of rotatable bonds is 5. The SMILES string of the molecule is Cc1nc(-c2cccnc2)nc(NCc2ccc(C(F)F)cc2)c1C. The molecule has 0 aliphatic rings. The van der Waals surface area contributed by atoms with Crippen LogP contribution >= 0.6 is 0 Å². The second kappa shape index (κ2) is 7.34. The minimum absolute atomic E-state index is 0.0247. The van der Waals surface area contributed by atoms with E-state index in [1.54, 1.807) is 24.5 Å². The fourth-order valence-corrected chi connectivity index (χ4v) is 2.39. The van der Waals surface area contributed by atoms with E-state index in [4.69, 9.17) is 0 Å². The van der Waals surface area contributed by atoms with Crippen LogP contribution in [0.3, 0.4) is 0 Å². The Bertz CT molecular complexity index is 849. The van der Waals surface area contributed by atoms with Crippen LogP contribution in [0.5, 0.6) is 0 Å². The number of halogens is 2. The summed E-state index contributed by atoms with van der Waals surface area (Å²) < 4.78 is 25.2. The number of hydrogen-bond donors (Lipinski definition) is 1. The van der Waals surface area contributed by atoms with Crippen molar-refractivity contribution in [1.29, 1.82) is 0 Å². The van der Waals surface area contributed by atoms with Crippen molar-refractivity contribution in [3.8, 4) is 11.4 Å². The van der Waals surface area contributed by atoms with Crippen LogP contribution in [0, 0.1) is 13.8 Å². The Morgan fingerprint density at radius 3 is 2.44 bits per heavy atom. The summed E-state index contributed by atoms with van der Waals surface area (Å²) in [4.78, 5) is 13.2. The van der Waals surface area contributed by atoms with Gasteiger partial charge in [-0.2, -0.15) is 0 Å². The molecule has 6 heteroatoms. The van der Waals surface area contributed by atoms with E-state index in [1.807, 2.05) is 26.0 Å². The molecule has 0 fully saturated rings. The summed E-state index contributed by atoms with van der Waals surface area (Å²) in [5.41, 5.74) is 3.61. The number of nitrogens with zero attached hydrogens (tertiary/aromatic N) is 3. The third kappa shape index (κ3) is 3.96. The molecule has 0 atom stereocenters. The summed E-state index contributed by atoms with van der Waals surface area (Å²) in [5, 5.41) is 3.27. The van der Waals surface area contributed by atoms with E-state index in [0.717, 1.165) is 28.2 Å². The number of benzene rings is 1. The molecule has 0 aliphatic heterocycles. The van der Waals surface area contributed by atoms with Gasteiger partial charge in [0.2, 0.25) is 0 Å². The highest BCUT2D eigenvalue weighted by atomic mass is 19.3. The molecule has 2 aromatic heterocycles. The first-order valence-corrected chi connectivity index (χ1v) is 7.91. The first-order chi connectivity index (χ1) is 12.0. The zero-order valence-electron chi connectivity index (χ0n) is 14.0. The minimum atomic E-state index is -2.45. The third-order valence-corrected chi connectivity index (χ3v) is 4.00. The lowest BCUT2D eigenvalue weighted by Crippen LogP contribution is -2.07. The fraction of sp³-hybridized carbons (Fsp3) is 0.211. The van der Waals surface area contributed by atoms with Gasteiger partial charge in [-0.1, -0.05) is 24.3 Å². The Morgan fingerprint density at radius 2 is 1.80 bits per heavy atom. The van der Waals surface area contributed by atoms with Gasteiger partial charge in [0.1, 0.15) is 5.82 Å². The van der Waals surface area contributed by atoms with Crippen molar-refractivity contribution in [2.24, 2.45) is 0 Å². The van der Waals surface area contributed by atoms with Gasteiger partial charge >= 0.3 is 0 Å². The van der Waals surface area contributed by atoms with Crippen LogP contribution in [0.15, 0.2) is 48.8 Å². The van der Waals surface area contributed by atoms with E-state index in [1.165, 1.54) is 12.1 Å². The van der Waals surface area contributed by atoms with Gasteiger partial charge < -0.3 is 5.32 Å². The Labute approximate surface area is 145 Å². The predicted octanol–water partition coefficient (Wildman–Crippen LogP) is 4.71. The van der Waals surface area contributed by atoms with Gasteiger partial charge in [-0.15, -0.1) is 0 Å². The van der Waals surface area contributed by atoms with E-state index in [0.29, 0.717) is 12.4 Å². The van der Waals surface area contributed by atoms with Gasteiger partial charge in [-0.05, 0) is 31.5 Å². The number of hydrogen-bond acceptors (Lipinski definition) is 4. The maximum absolute atomic E-state index is 12.6. The molecular weight excluding hydrogens is 322 g/mol. The number of pyridine rings is 1. The highest BCUT2D eigenvalue weighted by Crippen LogP contribution is 2.22. The van der Waals surface area contributed by atoms with Gasteiger partial charge in [0.15, 0.2) is 5.82 Å². The molecule has 1 aromatic carbocycles. The van der Waals surface area contributed by atoms with Crippen molar-refractivity contribution in [3.05, 3.63) is 71.2 Å². The molecule has 2 heterocycles. The van der Waals surface area contributed by atoms with Crippen LogP contribution in [0.4, 0.5) is 14.6 Å². The molecule has 0 spiro atoms. The lowest BCUT2D eigenvalue weighted by molar-refractivity contribution is 0.151. The molecule has 0 unspecified atom stereocenters. The van der Waals surface area contributed by atoms with E-state index >= 15 is 0 Å². The Kier molecular flexibility index (Phi) is 4.97. The van der Waals surface area contributed by atoms with Crippen LogP contribution < -0.4 is 5.32 Å². The molecule has 0 bridgehead atoms. The van der Waals surface area contributed by atoms with Crippen molar-refractivity contribution in [2.45, 2.75) is 26.8 Å². The predicted molar refractivity (Wildman–Crippen MR) is 93.5 cm³/mol. The van der Waals surface area contributed by atoms with E-state index < -0.39 is 6.43 Å². The molecule has 128 valence electrons. The van der Waals surface area contributed by atoms with Crippen molar-refractivity contribution in [2.75, 3.05) is 5.32 Å². The Hall–Kier alpha value is -2.89. The number of alkyl halides is 2. The van der Waals surface area contributed by atoms with Crippen molar-refractivity contribution >= 4 is 5.82 Å². The third-order valence-electron chi connectivity index (χ3n) is 4.00. The van der Waals surface area contributed by atoms with Crippen LogP contribution in [0.25, 0.3) is 11.4 Å². The summed E-state index contributed by atoms with van der Waals surface area (Å²) in [6, 6.07) is 10.0. The van der Waals surface area contributed by atoms with E-state index in [9.17, 15) is 8.78 Å². The van der Waals surface area contributed by atoms with Gasteiger partial charge in [0.25, 0.3) is 6.43 Å². The molecule has 3 aromatic rings. The average Bonchev–Trinajstić information content (AvgIpc) is 2.64. The van der Waals surface area contributed by atoms with E-state index in [2.05, 4.69) is 20.3 Å². The van der Waals surface area contributed by atoms with Gasteiger partial charge in [0.05, 0.1) is 0 Å². The topological polar surface area (TPSA) is 50.7 Å². The second-order valence-corrected chi connectivity index (χ2v) is 5.74. The van der Waals surface area contributed by atoms with Crippen molar-refractivity contribution in [3.63, 3.8) is 0 Å². The van der Waals surface area contributed by atoms with Crippen LogP contribution in [0.1, 0.15) is 28.8 Å². The lowest BCUT2D eigenvalue weighted by atomic mass is 10.1. The normalized spacial score (nSPS) is 10.9. The molecule has 0 aliphatic carbocycles. The fourth-order valence-electron chi connectivity index (χ4n) is 2.39. The number of anilines is 1. The summed E-state index contributed by atoms with van der Waals surface area (Å²) in [6.07, 6.45) is 0.972. The van der Waals surface area contributed by atoms with Gasteiger partial charge in [-0.3, -0.25) is 4.98 Å².